The van der Waals surface area contributed by atoms with E-state index in [4.69, 9.17) is 5.73 Å². The first-order valence-corrected chi connectivity index (χ1v) is 7.93. The first kappa shape index (κ1) is 14.4. The molecule has 5 heteroatoms. The molecule has 2 aromatic rings. The topological polar surface area (TPSA) is 45.4 Å². The van der Waals surface area contributed by atoms with Crippen LogP contribution in [0.25, 0.3) is 0 Å². The summed E-state index contributed by atoms with van der Waals surface area (Å²) < 4.78 is 1.14. The summed E-state index contributed by atoms with van der Waals surface area (Å²) in [4.78, 5) is 9.02. The van der Waals surface area contributed by atoms with E-state index in [1.54, 1.807) is 0 Å². The number of piperazine rings is 1. The molecule has 1 aromatic heterocycles. The Labute approximate surface area is 133 Å². The Morgan fingerprint density at radius 3 is 2.57 bits per heavy atom. The van der Waals surface area contributed by atoms with Crippen molar-refractivity contribution >= 4 is 27.4 Å². The second kappa shape index (κ2) is 6.45. The van der Waals surface area contributed by atoms with Crippen LogP contribution in [0, 0.1) is 0 Å². The van der Waals surface area contributed by atoms with E-state index in [0.29, 0.717) is 5.82 Å². The van der Waals surface area contributed by atoms with Gasteiger partial charge in [-0.1, -0.05) is 28.1 Å². The van der Waals surface area contributed by atoms with Crippen LogP contribution in [-0.4, -0.2) is 36.1 Å². The van der Waals surface area contributed by atoms with Crippen molar-refractivity contribution < 1.29 is 0 Å². The molecule has 3 rings (SSSR count). The van der Waals surface area contributed by atoms with E-state index >= 15 is 0 Å². The van der Waals surface area contributed by atoms with Crippen LogP contribution in [0.2, 0.25) is 0 Å². The van der Waals surface area contributed by atoms with Crippen molar-refractivity contribution in [3.63, 3.8) is 0 Å². The molecular formula is C16H19BrN4. The summed E-state index contributed by atoms with van der Waals surface area (Å²) in [7, 11) is 0. The minimum absolute atomic E-state index is 0.576. The average Bonchev–Trinajstić information content (AvgIpc) is 2.49. The van der Waals surface area contributed by atoms with E-state index in [2.05, 4.69) is 55.0 Å². The highest BCUT2D eigenvalue weighted by Gasteiger charge is 2.17. The minimum atomic E-state index is 0.576. The van der Waals surface area contributed by atoms with Crippen LogP contribution >= 0.6 is 15.9 Å². The molecule has 110 valence electrons. The highest BCUT2D eigenvalue weighted by atomic mass is 79.9. The Kier molecular flexibility index (Phi) is 4.41. The fourth-order valence-corrected chi connectivity index (χ4v) is 3.09. The van der Waals surface area contributed by atoms with Crippen molar-refractivity contribution in [3.8, 4) is 0 Å². The molecule has 0 bridgehead atoms. The fraction of sp³-hybridized carbons (Fsp3) is 0.312. The predicted octanol–water partition coefficient (Wildman–Crippen LogP) is 2.75. The second-order valence-corrected chi connectivity index (χ2v) is 6.25. The third-order valence-electron chi connectivity index (χ3n) is 3.80. The van der Waals surface area contributed by atoms with Crippen LogP contribution in [0.3, 0.4) is 0 Å². The number of anilines is 2. The molecule has 0 aliphatic carbocycles. The van der Waals surface area contributed by atoms with E-state index < -0.39 is 0 Å². The van der Waals surface area contributed by atoms with Crippen molar-refractivity contribution in [2.24, 2.45) is 0 Å². The van der Waals surface area contributed by atoms with Crippen LogP contribution in [0.15, 0.2) is 47.1 Å². The molecule has 0 unspecified atom stereocenters. The van der Waals surface area contributed by atoms with Crippen molar-refractivity contribution in [2.45, 2.75) is 6.54 Å². The lowest BCUT2D eigenvalue weighted by Gasteiger charge is -2.36. The SMILES string of the molecule is Nc1ccc(N2CCN(Cc3cccc(Br)c3)CC2)cn1. The smallest absolute Gasteiger partial charge is 0.123 e. The summed E-state index contributed by atoms with van der Waals surface area (Å²) in [6.07, 6.45) is 1.86. The number of benzene rings is 1. The molecule has 0 atom stereocenters. The quantitative estimate of drug-likeness (QED) is 0.928. The summed E-state index contributed by atoms with van der Waals surface area (Å²) in [5, 5.41) is 0. The molecule has 2 N–H and O–H groups in total. The van der Waals surface area contributed by atoms with E-state index in [0.717, 1.165) is 42.9 Å². The molecule has 0 spiro atoms. The number of aromatic nitrogens is 1. The normalized spacial score (nSPS) is 16.1. The molecule has 1 aliphatic rings. The van der Waals surface area contributed by atoms with Crippen molar-refractivity contribution in [1.29, 1.82) is 0 Å². The number of rotatable bonds is 3. The zero-order valence-corrected chi connectivity index (χ0v) is 13.5. The molecular weight excluding hydrogens is 328 g/mol. The Morgan fingerprint density at radius 2 is 1.90 bits per heavy atom. The molecule has 0 amide bonds. The molecule has 2 heterocycles. The summed E-state index contributed by atoms with van der Waals surface area (Å²) in [5.41, 5.74) is 8.15. The van der Waals surface area contributed by atoms with Gasteiger partial charge in [-0.05, 0) is 29.8 Å². The monoisotopic (exact) mass is 346 g/mol. The summed E-state index contributed by atoms with van der Waals surface area (Å²) in [6, 6.07) is 12.4. The highest BCUT2D eigenvalue weighted by molar-refractivity contribution is 9.10. The summed E-state index contributed by atoms with van der Waals surface area (Å²) in [5.74, 6) is 0.576. The van der Waals surface area contributed by atoms with Gasteiger partial charge in [0.1, 0.15) is 5.82 Å². The van der Waals surface area contributed by atoms with Crippen molar-refractivity contribution in [3.05, 3.63) is 52.6 Å². The maximum absolute atomic E-state index is 5.63. The summed E-state index contributed by atoms with van der Waals surface area (Å²) >= 11 is 3.53. The molecule has 1 aromatic carbocycles. The zero-order valence-electron chi connectivity index (χ0n) is 11.9. The third-order valence-corrected chi connectivity index (χ3v) is 4.30. The first-order valence-electron chi connectivity index (χ1n) is 7.14. The van der Waals surface area contributed by atoms with Gasteiger partial charge in [-0.15, -0.1) is 0 Å². The largest absolute Gasteiger partial charge is 0.384 e. The number of halogens is 1. The van der Waals surface area contributed by atoms with Gasteiger partial charge in [0.05, 0.1) is 11.9 Å². The Bertz CT molecular complexity index is 591. The molecule has 0 saturated carbocycles. The zero-order chi connectivity index (χ0) is 14.7. The van der Waals surface area contributed by atoms with Crippen LogP contribution < -0.4 is 10.6 Å². The van der Waals surface area contributed by atoms with Gasteiger partial charge < -0.3 is 10.6 Å². The van der Waals surface area contributed by atoms with E-state index in [-0.39, 0.29) is 0 Å². The van der Waals surface area contributed by atoms with E-state index in [1.165, 1.54) is 5.56 Å². The third kappa shape index (κ3) is 3.74. The summed E-state index contributed by atoms with van der Waals surface area (Å²) in [6.45, 7) is 5.19. The lowest BCUT2D eigenvalue weighted by Crippen LogP contribution is -2.46. The second-order valence-electron chi connectivity index (χ2n) is 5.33. The number of nitrogen functional groups attached to an aromatic ring is 1. The Morgan fingerprint density at radius 1 is 1.10 bits per heavy atom. The number of hydrogen-bond acceptors (Lipinski definition) is 4. The highest BCUT2D eigenvalue weighted by Crippen LogP contribution is 2.18. The van der Waals surface area contributed by atoms with Crippen molar-refractivity contribution in [2.75, 3.05) is 36.8 Å². The van der Waals surface area contributed by atoms with Gasteiger partial charge in [-0.25, -0.2) is 4.98 Å². The van der Waals surface area contributed by atoms with E-state index in [9.17, 15) is 0 Å². The number of hydrogen-bond donors (Lipinski definition) is 1. The van der Waals surface area contributed by atoms with Gasteiger partial charge in [0.15, 0.2) is 0 Å². The van der Waals surface area contributed by atoms with Crippen molar-refractivity contribution in [1.82, 2.24) is 9.88 Å². The average molecular weight is 347 g/mol. The molecule has 21 heavy (non-hydrogen) atoms. The predicted molar refractivity (Wildman–Crippen MR) is 90.3 cm³/mol. The van der Waals surface area contributed by atoms with Gasteiger partial charge in [0, 0.05) is 37.2 Å². The Balaban J connectivity index is 1.56. The standard InChI is InChI=1S/C16H19BrN4/c17-14-3-1-2-13(10-14)12-20-6-8-21(9-7-20)15-4-5-16(18)19-11-15/h1-5,10-11H,6-9,12H2,(H2,18,19). The molecule has 4 nitrogen and oxygen atoms in total. The maximum Gasteiger partial charge on any atom is 0.123 e. The van der Waals surface area contributed by atoms with E-state index in [1.807, 2.05) is 18.3 Å². The van der Waals surface area contributed by atoms with Gasteiger partial charge in [0.25, 0.3) is 0 Å². The molecule has 1 fully saturated rings. The number of nitrogens with two attached hydrogens (primary N) is 1. The van der Waals surface area contributed by atoms with Crippen LogP contribution in [-0.2, 0) is 6.54 Å². The van der Waals surface area contributed by atoms with Gasteiger partial charge in [-0.2, -0.15) is 0 Å². The lowest BCUT2D eigenvalue weighted by atomic mass is 10.2. The van der Waals surface area contributed by atoms with Crippen LogP contribution in [0.5, 0.6) is 0 Å². The number of pyridine rings is 1. The van der Waals surface area contributed by atoms with Gasteiger partial charge >= 0.3 is 0 Å². The Hall–Kier alpha value is -1.59. The molecule has 1 saturated heterocycles. The molecule has 0 radical (unpaired) electrons. The number of nitrogens with zero attached hydrogens (tertiary/aromatic N) is 3. The van der Waals surface area contributed by atoms with Crippen LogP contribution in [0.4, 0.5) is 11.5 Å². The minimum Gasteiger partial charge on any atom is -0.384 e. The lowest BCUT2D eigenvalue weighted by molar-refractivity contribution is 0.250. The van der Waals surface area contributed by atoms with Crippen LogP contribution in [0.1, 0.15) is 5.56 Å². The fourth-order valence-electron chi connectivity index (χ4n) is 2.64. The van der Waals surface area contributed by atoms with Gasteiger partial charge in [0.2, 0.25) is 0 Å². The first-order chi connectivity index (χ1) is 10.2. The van der Waals surface area contributed by atoms with Gasteiger partial charge in [-0.3, -0.25) is 4.90 Å². The molecule has 1 aliphatic heterocycles. The maximum atomic E-state index is 5.63.